The second-order valence-electron chi connectivity index (χ2n) is 4.75. The molecule has 0 N–H and O–H groups in total. The Morgan fingerprint density at radius 1 is 1.39 bits per heavy atom. The van der Waals surface area contributed by atoms with E-state index in [-0.39, 0.29) is 11.3 Å². The zero-order chi connectivity index (χ0) is 13.0. The number of carbonyl (C=O) groups excluding carboxylic acids is 1. The Kier molecular flexibility index (Phi) is 4.65. The summed E-state index contributed by atoms with van der Waals surface area (Å²) in [6.45, 7) is 2.24. The Labute approximate surface area is 113 Å². The van der Waals surface area contributed by atoms with Crippen molar-refractivity contribution in [2.75, 3.05) is 6.61 Å². The molecule has 0 heterocycles. The number of hydrogen-bond acceptors (Lipinski definition) is 2. The smallest absolute Gasteiger partial charge is 0.305 e. The van der Waals surface area contributed by atoms with Crippen LogP contribution in [0.2, 0.25) is 0 Å². The van der Waals surface area contributed by atoms with Crippen LogP contribution >= 0.6 is 11.6 Å². The second kappa shape index (κ2) is 6.24. The number of benzene rings is 1. The van der Waals surface area contributed by atoms with Crippen molar-refractivity contribution in [3.05, 3.63) is 35.4 Å². The van der Waals surface area contributed by atoms with E-state index in [1.54, 1.807) is 0 Å². The van der Waals surface area contributed by atoms with Crippen molar-refractivity contribution in [3.63, 3.8) is 0 Å². The summed E-state index contributed by atoms with van der Waals surface area (Å²) in [5.74, 6) is 0.602. The van der Waals surface area contributed by atoms with E-state index in [9.17, 15) is 4.79 Å². The molecule has 2 nitrogen and oxygen atoms in total. The van der Waals surface area contributed by atoms with Crippen LogP contribution < -0.4 is 0 Å². The van der Waals surface area contributed by atoms with E-state index in [1.807, 2.05) is 6.92 Å². The van der Waals surface area contributed by atoms with Crippen LogP contribution in [0.25, 0.3) is 0 Å². The molecule has 2 rings (SSSR count). The Morgan fingerprint density at radius 3 is 2.61 bits per heavy atom. The summed E-state index contributed by atoms with van der Waals surface area (Å²) >= 11 is 6.29. The molecule has 0 aromatic heterocycles. The van der Waals surface area contributed by atoms with Crippen LogP contribution in [0.5, 0.6) is 0 Å². The number of rotatable bonds is 6. The lowest BCUT2D eigenvalue weighted by Crippen LogP contribution is -2.05. The molecule has 1 aromatic rings. The lowest BCUT2D eigenvalue weighted by Gasteiger charge is -2.10. The van der Waals surface area contributed by atoms with Crippen LogP contribution in [0.15, 0.2) is 24.3 Å². The monoisotopic (exact) mass is 266 g/mol. The molecule has 18 heavy (non-hydrogen) atoms. The summed E-state index contributed by atoms with van der Waals surface area (Å²) in [5.41, 5.74) is 2.50. The molecule has 0 amide bonds. The van der Waals surface area contributed by atoms with Gasteiger partial charge < -0.3 is 4.74 Å². The lowest BCUT2D eigenvalue weighted by molar-refractivity contribution is -0.143. The SMILES string of the molecule is CCOC(=O)CCC(Cl)c1ccc(C2CC2)cc1. The Morgan fingerprint density at radius 2 is 2.06 bits per heavy atom. The van der Waals surface area contributed by atoms with Crippen LogP contribution in [0.1, 0.15) is 55.0 Å². The van der Waals surface area contributed by atoms with Crippen LogP contribution in [0, 0.1) is 0 Å². The van der Waals surface area contributed by atoms with E-state index in [4.69, 9.17) is 16.3 Å². The van der Waals surface area contributed by atoms with Gasteiger partial charge in [0.25, 0.3) is 0 Å². The molecule has 1 aliphatic carbocycles. The van der Waals surface area contributed by atoms with E-state index in [0.717, 1.165) is 11.5 Å². The van der Waals surface area contributed by atoms with Crippen molar-refractivity contribution in [2.24, 2.45) is 0 Å². The maximum atomic E-state index is 11.2. The molecule has 0 aliphatic heterocycles. The Bertz CT molecular complexity index is 395. The first-order valence-corrected chi connectivity index (χ1v) is 7.04. The summed E-state index contributed by atoms with van der Waals surface area (Å²) in [5, 5.41) is -0.109. The van der Waals surface area contributed by atoms with Crippen LogP contribution in [0.4, 0.5) is 0 Å². The van der Waals surface area contributed by atoms with Gasteiger partial charge >= 0.3 is 5.97 Å². The summed E-state index contributed by atoms with van der Waals surface area (Å²) < 4.78 is 4.89. The largest absolute Gasteiger partial charge is 0.466 e. The summed E-state index contributed by atoms with van der Waals surface area (Å²) in [6, 6.07) is 8.48. The predicted molar refractivity (Wildman–Crippen MR) is 72.9 cm³/mol. The van der Waals surface area contributed by atoms with Gasteiger partial charge in [-0.05, 0) is 43.2 Å². The topological polar surface area (TPSA) is 26.3 Å². The number of esters is 1. The van der Waals surface area contributed by atoms with Crippen LogP contribution in [-0.2, 0) is 9.53 Å². The highest BCUT2D eigenvalue weighted by atomic mass is 35.5. The first kappa shape index (κ1) is 13.4. The van der Waals surface area contributed by atoms with Crippen LogP contribution in [0.3, 0.4) is 0 Å². The Hall–Kier alpha value is -1.02. The highest BCUT2D eigenvalue weighted by molar-refractivity contribution is 6.20. The van der Waals surface area contributed by atoms with E-state index in [0.29, 0.717) is 19.4 Å². The molecule has 3 heteroatoms. The molecule has 1 atom stereocenters. The van der Waals surface area contributed by atoms with Gasteiger partial charge in [-0.2, -0.15) is 0 Å². The molecule has 1 saturated carbocycles. The molecule has 0 bridgehead atoms. The maximum Gasteiger partial charge on any atom is 0.305 e. The zero-order valence-corrected chi connectivity index (χ0v) is 11.5. The fourth-order valence-corrected chi connectivity index (χ4v) is 2.29. The van der Waals surface area contributed by atoms with Gasteiger partial charge in [-0.1, -0.05) is 24.3 Å². The average Bonchev–Trinajstić information content (AvgIpc) is 3.21. The molecule has 1 aromatic carbocycles. The van der Waals surface area contributed by atoms with Gasteiger partial charge in [0.15, 0.2) is 0 Å². The van der Waals surface area contributed by atoms with Gasteiger partial charge in [0.05, 0.1) is 12.0 Å². The summed E-state index contributed by atoms with van der Waals surface area (Å²) in [7, 11) is 0. The van der Waals surface area contributed by atoms with Crippen molar-refractivity contribution in [3.8, 4) is 0 Å². The second-order valence-corrected chi connectivity index (χ2v) is 5.28. The molecule has 1 fully saturated rings. The third-order valence-corrected chi connectivity index (χ3v) is 3.72. The number of alkyl halides is 1. The van der Waals surface area contributed by atoms with E-state index in [1.165, 1.54) is 18.4 Å². The van der Waals surface area contributed by atoms with Crippen molar-refractivity contribution >= 4 is 17.6 Å². The standard InChI is InChI=1S/C15H19ClO2/c1-2-18-15(17)10-9-14(16)13-7-5-12(6-8-13)11-3-4-11/h5-8,11,14H,2-4,9-10H2,1H3. The van der Waals surface area contributed by atoms with Gasteiger partial charge in [0.2, 0.25) is 0 Å². The number of ether oxygens (including phenoxy) is 1. The highest BCUT2D eigenvalue weighted by Crippen LogP contribution is 2.40. The lowest BCUT2D eigenvalue weighted by atomic mass is 10.0. The average molecular weight is 267 g/mol. The van der Waals surface area contributed by atoms with Crippen molar-refractivity contribution in [2.45, 2.75) is 43.9 Å². The number of halogens is 1. The third-order valence-electron chi connectivity index (χ3n) is 3.25. The minimum Gasteiger partial charge on any atom is -0.466 e. The van der Waals surface area contributed by atoms with Gasteiger partial charge in [0, 0.05) is 6.42 Å². The van der Waals surface area contributed by atoms with Crippen molar-refractivity contribution in [1.82, 2.24) is 0 Å². The molecule has 0 radical (unpaired) electrons. The predicted octanol–water partition coefficient (Wildman–Crippen LogP) is 4.19. The van der Waals surface area contributed by atoms with Crippen LogP contribution in [-0.4, -0.2) is 12.6 Å². The fourth-order valence-electron chi connectivity index (χ4n) is 2.04. The Balaban J connectivity index is 1.84. The quantitative estimate of drug-likeness (QED) is 0.570. The molecule has 1 unspecified atom stereocenters. The highest BCUT2D eigenvalue weighted by Gasteiger charge is 2.23. The van der Waals surface area contributed by atoms with Gasteiger partial charge in [-0.25, -0.2) is 0 Å². The zero-order valence-electron chi connectivity index (χ0n) is 10.7. The van der Waals surface area contributed by atoms with Gasteiger partial charge in [-0.3, -0.25) is 4.79 Å². The minimum atomic E-state index is -0.169. The van der Waals surface area contributed by atoms with Gasteiger partial charge in [-0.15, -0.1) is 11.6 Å². The third kappa shape index (κ3) is 3.74. The minimum absolute atomic E-state index is 0.109. The number of hydrogen-bond donors (Lipinski definition) is 0. The number of carbonyl (C=O) groups is 1. The molecule has 0 spiro atoms. The van der Waals surface area contributed by atoms with Crippen molar-refractivity contribution in [1.29, 1.82) is 0 Å². The normalized spacial score (nSPS) is 16.3. The molecule has 1 aliphatic rings. The summed E-state index contributed by atoms with van der Waals surface area (Å²) in [4.78, 5) is 11.2. The van der Waals surface area contributed by atoms with E-state index >= 15 is 0 Å². The molecule has 0 saturated heterocycles. The first-order valence-electron chi connectivity index (χ1n) is 6.60. The maximum absolute atomic E-state index is 11.2. The van der Waals surface area contributed by atoms with Crippen molar-refractivity contribution < 1.29 is 9.53 Å². The van der Waals surface area contributed by atoms with E-state index in [2.05, 4.69) is 24.3 Å². The molecular formula is C15H19ClO2. The van der Waals surface area contributed by atoms with Gasteiger partial charge in [0.1, 0.15) is 0 Å². The molecule has 98 valence electrons. The van der Waals surface area contributed by atoms with E-state index < -0.39 is 0 Å². The molecular weight excluding hydrogens is 248 g/mol. The summed E-state index contributed by atoms with van der Waals surface area (Å²) in [6.07, 6.45) is 3.63. The fraction of sp³-hybridized carbons (Fsp3) is 0.533. The first-order chi connectivity index (χ1) is 8.70.